The average Bonchev–Trinajstić information content (AvgIpc) is 3.59. The van der Waals surface area contributed by atoms with Crippen LogP contribution >= 0.6 is 0 Å². The van der Waals surface area contributed by atoms with Crippen molar-refractivity contribution in [3.05, 3.63) is 58.8 Å². The Morgan fingerprint density at radius 2 is 1.95 bits per heavy atom. The Morgan fingerprint density at radius 3 is 2.74 bits per heavy atom. The number of hydrogen-bond donors (Lipinski definition) is 2. The topological polar surface area (TPSA) is 76.3 Å². The van der Waals surface area contributed by atoms with Crippen molar-refractivity contribution in [3.8, 4) is 11.5 Å². The van der Waals surface area contributed by atoms with E-state index in [9.17, 15) is 10.2 Å². The molecule has 7 nitrogen and oxygen atoms in total. The van der Waals surface area contributed by atoms with Crippen LogP contribution < -0.4 is 4.74 Å². The third kappa shape index (κ3) is 2.83. The maximum absolute atomic E-state index is 13.1. The zero-order chi connectivity index (χ0) is 25.8. The van der Waals surface area contributed by atoms with E-state index in [4.69, 9.17) is 14.2 Å². The molecule has 1 saturated heterocycles. The minimum Gasteiger partial charge on any atom is -0.504 e. The summed E-state index contributed by atoms with van der Waals surface area (Å²) in [5, 5.41) is 25.3. The number of para-hydroxylation sites is 1. The van der Waals surface area contributed by atoms with Gasteiger partial charge in [-0.15, -0.1) is 0 Å². The fraction of sp³-hybridized carbons (Fsp3) is 0.548. The smallest absolute Gasteiger partial charge is 0.166 e. The lowest BCUT2D eigenvalue weighted by Gasteiger charge is -2.63. The molecule has 0 amide bonds. The van der Waals surface area contributed by atoms with E-state index < -0.39 is 11.0 Å². The van der Waals surface area contributed by atoms with E-state index in [0.717, 1.165) is 48.6 Å². The Bertz CT molecular complexity index is 1440. The largest absolute Gasteiger partial charge is 0.504 e. The van der Waals surface area contributed by atoms with Gasteiger partial charge < -0.3 is 29.0 Å². The van der Waals surface area contributed by atoms with Crippen LogP contribution in [-0.2, 0) is 34.3 Å². The number of hydrogen-bond acceptors (Lipinski definition) is 6. The molecule has 8 rings (SSSR count). The molecule has 2 N–H and O–H groups in total. The molecule has 3 aromatic rings. The van der Waals surface area contributed by atoms with Gasteiger partial charge in [0.2, 0.25) is 0 Å². The lowest BCUT2D eigenvalue weighted by molar-refractivity contribution is -0.173. The normalized spacial score (nSPS) is 30.9. The van der Waals surface area contributed by atoms with Crippen LogP contribution in [0.1, 0.15) is 54.2 Å². The van der Waals surface area contributed by atoms with Crippen molar-refractivity contribution >= 4 is 10.9 Å². The van der Waals surface area contributed by atoms with Gasteiger partial charge in [0, 0.05) is 62.7 Å². The fourth-order valence-electron chi connectivity index (χ4n) is 8.61. The number of phenols is 1. The third-order valence-electron chi connectivity index (χ3n) is 10.4. The summed E-state index contributed by atoms with van der Waals surface area (Å²) in [6.45, 7) is 2.73. The Balaban J connectivity index is 1.36. The highest BCUT2D eigenvalue weighted by atomic mass is 16.7. The summed E-state index contributed by atoms with van der Waals surface area (Å²) in [7, 11) is 3.35. The average molecular weight is 517 g/mol. The molecule has 0 unspecified atom stereocenters. The highest BCUT2D eigenvalue weighted by molar-refractivity contribution is 5.87. The van der Waals surface area contributed by atoms with Crippen molar-refractivity contribution in [2.75, 3.05) is 27.3 Å². The number of nitrogens with zero attached hydrogens (tertiary/aromatic N) is 2. The van der Waals surface area contributed by atoms with Crippen LogP contribution in [0, 0.1) is 5.92 Å². The van der Waals surface area contributed by atoms with Crippen molar-refractivity contribution < 1.29 is 24.4 Å². The number of aliphatic hydroxyl groups is 1. The number of aromatic nitrogens is 1. The second-order valence-electron chi connectivity index (χ2n) is 12.1. The SMILES string of the molecule is COC(CCn1c2c(c3ccccc31)C[C@@]1(O)[C@@H]3Cc4ccc(O)c5c4[C@@]1(CCN3CC1CC1)[C@H]2O5)OC. The van der Waals surface area contributed by atoms with Crippen LogP contribution in [0.4, 0.5) is 0 Å². The zero-order valence-electron chi connectivity index (χ0n) is 22.2. The minimum absolute atomic E-state index is 0.0348. The monoisotopic (exact) mass is 516 g/mol. The molecule has 7 heteroatoms. The van der Waals surface area contributed by atoms with Crippen LogP contribution in [0.5, 0.6) is 11.5 Å². The van der Waals surface area contributed by atoms with Crippen LogP contribution in [0.15, 0.2) is 36.4 Å². The van der Waals surface area contributed by atoms with E-state index in [2.05, 4.69) is 39.8 Å². The molecule has 2 bridgehead atoms. The molecule has 5 aliphatic rings. The summed E-state index contributed by atoms with van der Waals surface area (Å²) >= 11 is 0. The Morgan fingerprint density at radius 1 is 1.13 bits per heavy atom. The molecule has 2 aromatic carbocycles. The Labute approximate surface area is 222 Å². The van der Waals surface area contributed by atoms with Crippen molar-refractivity contribution in [1.82, 2.24) is 9.47 Å². The van der Waals surface area contributed by atoms with E-state index in [1.54, 1.807) is 20.3 Å². The first-order valence-corrected chi connectivity index (χ1v) is 14.1. The lowest BCUT2D eigenvalue weighted by Crippen LogP contribution is -2.74. The number of phenolic OH excluding ortho intramolecular Hbond substituents is 1. The standard InChI is InChI=1S/C31H36N2O5/c1-36-25(37-2)11-13-33-22-6-4-3-5-20(22)21-16-31(35)24-15-19-9-10-23(34)28-26(19)30(31,29(38-28)27(21)33)12-14-32(24)17-18-7-8-18/h3-6,9-10,18,24-25,29,34-35H,7-8,11-17H2,1-2H3/t24-,29-,30-,31+/m0/s1. The number of ether oxygens (including phenoxy) is 3. The second kappa shape index (κ2) is 7.98. The quantitative estimate of drug-likeness (QED) is 0.462. The minimum atomic E-state index is -0.972. The molecule has 0 radical (unpaired) electrons. The summed E-state index contributed by atoms with van der Waals surface area (Å²) in [5.74, 6) is 1.52. The predicted octanol–water partition coefficient (Wildman–Crippen LogP) is 4.06. The van der Waals surface area contributed by atoms with Gasteiger partial charge in [-0.05, 0) is 61.4 Å². The molecule has 200 valence electrons. The number of aromatic hydroxyl groups is 1. The van der Waals surface area contributed by atoms with Crippen LogP contribution in [0.3, 0.4) is 0 Å². The molecule has 2 aliphatic heterocycles. The van der Waals surface area contributed by atoms with Gasteiger partial charge in [-0.3, -0.25) is 4.90 Å². The lowest BCUT2D eigenvalue weighted by atomic mass is 9.49. The van der Waals surface area contributed by atoms with Gasteiger partial charge in [0.05, 0.1) is 16.7 Å². The molecule has 1 spiro atoms. The maximum Gasteiger partial charge on any atom is 0.166 e. The van der Waals surface area contributed by atoms with Gasteiger partial charge >= 0.3 is 0 Å². The van der Waals surface area contributed by atoms with E-state index in [1.165, 1.54) is 29.4 Å². The molecule has 3 heterocycles. The second-order valence-corrected chi connectivity index (χ2v) is 12.1. The first kappa shape index (κ1) is 23.3. The maximum atomic E-state index is 13.1. The third-order valence-corrected chi connectivity index (χ3v) is 10.4. The Kier molecular flexibility index (Phi) is 4.90. The first-order chi connectivity index (χ1) is 18.5. The molecule has 38 heavy (non-hydrogen) atoms. The van der Waals surface area contributed by atoms with E-state index >= 15 is 0 Å². The molecule has 4 atom stereocenters. The molecular formula is C31H36N2O5. The fourth-order valence-corrected chi connectivity index (χ4v) is 8.61. The number of methoxy groups -OCH3 is 2. The summed E-state index contributed by atoms with van der Waals surface area (Å²) in [6.07, 6.45) is 4.84. The van der Waals surface area contributed by atoms with Crippen LogP contribution in [0.2, 0.25) is 0 Å². The van der Waals surface area contributed by atoms with E-state index in [-0.39, 0.29) is 24.2 Å². The van der Waals surface area contributed by atoms with E-state index in [0.29, 0.717) is 25.1 Å². The Hall–Kier alpha value is -2.58. The van der Waals surface area contributed by atoms with Crippen molar-refractivity contribution in [1.29, 1.82) is 0 Å². The number of benzene rings is 2. The molecule has 3 aliphatic carbocycles. The summed E-state index contributed by atoms with van der Waals surface area (Å²) in [5.41, 5.74) is 4.20. The number of aryl methyl sites for hydroxylation is 1. The molecule has 1 saturated carbocycles. The summed E-state index contributed by atoms with van der Waals surface area (Å²) in [4.78, 5) is 2.58. The highest BCUT2D eigenvalue weighted by Gasteiger charge is 2.73. The van der Waals surface area contributed by atoms with Gasteiger partial charge in [0.25, 0.3) is 0 Å². The zero-order valence-corrected chi connectivity index (χ0v) is 22.2. The summed E-state index contributed by atoms with van der Waals surface area (Å²) in [6, 6.07) is 12.4. The van der Waals surface area contributed by atoms with Crippen molar-refractivity contribution in [2.45, 2.75) is 74.5 Å². The van der Waals surface area contributed by atoms with Crippen LogP contribution in [0.25, 0.3) is 10.9 Å². The van der Waals surface area contributed by atoms with Gasteiger partial charge in [-0.25, -0.2) is 0 Å². The van der Waals surface area contributed by atoms with Crippen molar-refractivity contribution in [3.63, 3.8) is 0 Å². The van der Waals surface area contributed by atoms with Gasteiger partial charge in [-0.2, -0.15) is 0 Å². The highest BCUT2D eigenvalue weighted by Crippen LogP contribution is 2.69. The molecule has 1 aromatic heterocycles. The van der Waals surface area contributed by atoms with Gasteiger partial charge in [0.15, 0.2) is 23.9 Å². The first-order valence-electron chi connectivity index (χ1n) is 14.1. The number of likely N-dealkylation sites (tertiary alicyclic amines) is 1. The van der Waals surface area contributed by atoms with Crippen LogP contribution in [-0.4, -0.2) is 64.9 Å². The number of fused-ring (bicyclic) bond motifs is 4. The number of rotatable bonds is 7. The van der Waals surface area contributed by atoms with Crippen molar-refractivity contribution in [2.24, 2.45) is 5.92 Å². The molecule has 2 fully saturated rings. The van der Waals surface area contributed by atoms with Gasteiger partial charge in [-0.1, -0.05) is 24.3 Å². The predicted molar refractivity (Wildman–Crippen MR) is 143 cm³/mol. The number of piperidine rings is 1. The van der Waals surface area contributed by atoms with Gasteiger partial charge in [0.1, 0.15) is 0 Å². The van der Waals surface area contributed by atoms with E-state index in [1.807, 2.05) is 0 Å². The summed E-state index contributed by atoms with van der Waals surface area (Å²) < 4.78 is 20.3. The molecular weight excluding hydrogens is 480 g/mol.